The van der Waals surface area contributed by atoms with E-state index in [1.807, 2.05) is 32.0 Å². The second kappa shape index (κ2) is 5.98. The first-order valence-electron chi connectivity index (χ1n) is 8.09. The van der Waals surface area contributed by atoms with Gasteiger partial charge < -0.3 is 9.47 Å². The number of sulfone groups is 1. The van der Waals surface area contributed by atoms with E-state index in [0.29, 0.717) is 25.4 Å². The van der Waals surface area contributed by atoms with E-state index in [-0.39, 0.29) is 10.9 Å². The quantitative estimate of drug-likeness (QED) is 0.845. The van der Waals surface area contributed by atoms with E-state index in [1.54, 1.807) is 7.11 Å². The Hall–Kier alpha value is -1.27. The summed E-state index contributed by atoms with van der Waals surface area (Å²) in [5.74, 6) is 1.93. The maximum absolute atomic E-state index is 12.1. The fourth-order valence-electron chi connectivity index (χ4n) is 3.53. The number of nitrogens with zero attached hydrogens (tertiary/aromatic N) is 1. The van der Waals surface area contributed by atoms with Gasteiger partial charge in [0.2, 0.25) is 0 Å². The molecule has 1 aromatic carbocycles. The molecule has 1 fully saturated rings. The lowest BCUT2D eigenvalue weighted by Crippen LogP contribution is -2.44. The minimum atomic E-state index is -2.93. The van der Waals surface area contributed by atoms with Crippen LogP contribution in [0.1, 0.15) is 32.3 Å². The highest BCUT2D eigenvalue weighted by Crippen LogP contribution is 2.33. The van der Waals surface area contributed by atoms with Crippen molar-refractivity contribution in [3.8, 4) is 11.5 Å². The van der Waals surface area contributed by atoms with Crippen molar-refractivity contribution in [1.82, 2.24) is 4.90 Å². The van der Waals surface area contributed by atoms with E-state index in [2.05, 4.69) is 4.90 Å². The minimum Gasteiger partial charge on any atom is -0.497 e. The van der Waals surface area contributed by atoms with Gasteiger partial charge in [0, 0.05) is 31.3 Å². The molecule has 2 aliphatic rings. The monoisotopic (exact) mass is 339 g/mol. The van der Waals surface area contributed by atoms with Crippen LogP contribution in [-0.4, -0.2) is 50.1 Å². The largest absolute Gasteiger partial charge is 0.497 e. The first-order valence-corrected chi connectivity index (χ1v) is 9.80. The van der Waals surface area contributed by atoms with E-state index < -0.39 is 9.84 Å². The lowest BCUT2D eigenvalue weighted by atomic mass is 10.1. The molecule has 0 spiro atoms. The third-order valence-electron chi connectivity index (χ3n) is 4.58. The third-order valence-corrected chi connectivity index (χ3v) is 6.84. The van der Waals surface area contributed by atoms with Crippen LogP contribution in [0.2, 0.25) is 0 Å². The second-order valence-electron chi connectivity index (χ2n) is 7.14. The number of fused-ring (bicyclic) bond motifs is 1. The smallest absolute Gasteiger partial charge is 0.154 e. The molecule has 2 heterocycles. The van der Waals surface area contributed by atoms with E-state index >= 15 is 0 Å². The average molecular weight is 339 g/mol. The molecule has 1 unspecified atom stereocenters. The zero-order chi connectivity index (χ0) is 16.7. The highest BCUT2D eigenvalue weighted by atomic mass is 32.2. The Labute approximate surface area is 138 Å². The third kappa shape index (κ3) is 3.63. The van der Waals surface area contributed by atoms with Crippen molar-refractivity contribution in [2.24, 2.45) is 0 Å². The van der Waals surface area contributed by atoms with Gasteiger partial charge in [-0.05, 0) is 32.8 Å². The zero-order valence-corrected chi connectivity index (χ0v) is 14.9. The van der Waals surface area contributed by atoms with Crippen molar-refractivity contribution in [3.05, 3.63) is 23.8 Å². The van der Waals surface area contributed by atoms with Crippen LogP contribution in [0.15, 0.2) is 18.2 Å². The van der Waals surface area contributed by atoms with E-state index in [4.69, 9.17) is 9.47 Å². The summed E-state index contributed by atoms with van der Waals surface area (Å²) in [5, 5.41) is -0.238. The molecular formula is C17H25NO4S. The Morgan fingerprint density at radius 1 is 1.39 bits per heavy atom. The van der Waals surface area contributed by atoms with Crippen LogP contribution in [0.5, 0.6) is 11.5 Å². The number of rotatable bonds is 3. The maximum atomic E-state index is 12.1. The van der Waals surface area contributed by atoms with Crippen LogP contribution in [0.3, 0.4) is 0 Å². The molecule has 6 heteroatoms. The van der Waals surface area contributed by atoms with Crippen molar-refractivity contribution in [2.75, 3.05) is 26.0 Å². The summed E-state index contributed by atoms with van der Waals surface area (Å²) in [4.78, 5) is 2.21. The fraction of sp³-hybridized carbons (Fsp3) is 0.647. The average Bonchev–Trinajstić information content (AvgIpc) is 2.71. The number of benzene rings is 1. The molecule has 0 bridgehead atoms. The number of hydrogen-bond donors (Lipinski definition) is 0. The Balaban J connectivity index is 1.85. The highest BCUT2D eigenvalue weighted by molar-refractivity contribution is 7.92. The van der Waals surface area contributed by atoms with Gasteiger partial charge >= 0.3 is 0 Å². The molecule has 23 heavy (non-hydrogen) atoms. The molecule has 1 saturated heterocycles. The summed E-state index contributed by atoms with van der Waals surface area (Å²) in [7, 11) is -1.29. The zero-order valence-electron chi connectivity index (χ0n) is 14.0. The van der Waals surface area contributed by atoms with Crippen molar-refractivity contribution in [2.45, 2.75) is 44.1 Å². The molecule has 128 valence electrons. The minimum absolute atomic E-state index is 0.238. The van der Waals surface area contributed by atoms with Crippen molar-refractivity contribution in [3.63, 3.8) is 0 Å². The molecule has 3 rings (SSSR count). The number of hydrogen-bond acceptors (Lipinski definition) is 5. The molecule has 2 aliphatic heterocycles. The predicted molar refractivity (Wildman–Crippen MR) is 89.8 cm³/mol. The van der Waals surface area contributed by atoms with Crippen molar-refractivity contribution < 1.29 is 17.9 Å². The second-order valence-corrected chi connectivity index (χ2v) is 9.54. The molecule has 0 N–H and O–H groups in total. The van der Waals surface area contributed by atoms with Crippen LogP contribution in [-0.2, 0) is 16.4 Å². The standard InChI is InChI=1S/C17H25NO4S/c1-17(2)12-18(11-15-5-4-8-23(15,19)20)10-13-6-7-14(21-3)9-16(13)22-17/h6-7,9,15H,4-5,8,10-12H2,1-3H3. The molecule has 5 nitrogen and oxygen atoms in total. The van der Waals surface area contributed by atoms with Crippen molar-refractivity contribution >= 4 is 9.84 Å². The summed E-state index contributed by atoms with van der Waals surface area (Å²) in [6, 6.07) is 5.84. The van der Waals surface area contributed by atoms with Gasteiger partial charge in [-0.2, -0.15) is 0 Å². The molecule has 0 aliphatic carbocycles. The van der Waals surface area contributed by atoms with Crippen LogP contribution >= 0.6 is 0 Å². The lowest BCUT2D eigenvalue weighted by Gasteiger charge is -2.30. The summed E-state index contributed by atoms with van der Waals surface area (Å²) in [5.41, 5.74) is 0.701. The van der Waals surface area contributed by atoms with Gasteiger partial charge in [-0.3, -0.25) is 4.90 Å². The van der Waals surface area contributed by atoms with E-state index in [0.717, 1.165) is 29.9 Å². The maximum Gasteiger partial charge on any atom is 0.154 e. The van der Waals surface area contributed by atoms with Crippen LogP contribution < -0.4 is 9.47 Å². The molecule has 1 aromatic rings. The first kappa shape index (κ1) is 16.6. The fourth-order valence-corrected chi connectivity index (χ4v) is 5.40. The van der Waals surface area contributed by atoms with Gasteiger partial charge in [-0.25, -0.2) is 8.42 Å². The van der Waals surface area contributed by atoms with Gasteiger partial charge in [0.15, 0.2) is 9.84 Å². The number of methoxy groups -OCH3 is 1. The lowest BCUT2D eigenvalue weighted by molar-refractivity contribution is 0.0708. The normalized spacial score (nSPS) is 26.1. The summed E-state index contributed by atoms with van der Waals surface area (Å²) in [6.45, 7) is 6.07. The molecular weight excluding hydrogens is 314 g/mol. The van der Waals surface area contributed by atoms with Crippen LogP contribution in [0.25, 0.3) is 0 Å². The molecule has 0 aromatic heterocycles. The highest BCUT2D eigenvalue weighted by Gasteiger charge is 2.36. The summed E-state index contributed by atoms with van der Waals surface area (Å²) >= 11 is 0. The Morgan fingerprint density at radius 2 is 2.17 bits per heavy atom. The van der Waals surface area contributed by atoms with Gasteiger partial charge in [-0.15, -0.1) is 0 Å². The van der Waals surface area contributed by atoms with Gasteiger partial charge in [-0.1, -0.05) is 6.07 Å². The SMILES string of the molecule is COc1ccc2c(c1)OC(C)(C)CN(CC1CCCS1(=O)=O)C2. The van der Waals surface area contributed by atoms with Gasteiger partial charge in [0.05, 0.1) is 18.1 Å². The summed E-state index contributed by atoms with van der Waals surface area (Å²) < 4.78 is 35.7. The van der Waals surface area contributed by atoms with Crippen LogP contribution in [0.4, 0.5) is 0 Å². The number of ether oxygens (including phenoxy) is 2. The summed E-state index contributed by atoms with van der Waals surface area (Å²) in [6.07, 6.45) is 1.56. The van der Waals surface area contributed by atoms with E-state index in [9.17, 15) is 8.42 Å². The predicted octanol–water partition coefficient (Wildman–Crippen LogP) is 2.25. The molecule has 1 atom stereocenters. The Kier molecular flexibility index (Phi) is 4.31. The topological polar surface area (TPSA) is 55.8 Å². The molecule has 0 amide bonds. The first-order chi connectivity index (χ1) is 10.8. The molecule has 0 radical (unpaired) electrons. The van der Waals surface area contributed by atoms with Gasteiger partial charge in [0.25, 0.3) is 0 Å². The van der Waals surface area contributed by atoms with Crippen molar-refractivity contribution in [1.29, 1.82) is 0 Å². The molecule has 0 saturated carbocycles. The Bertz CT molecular complexity index is 684. The van der Waals surface area contributed by atoms with Gasteiger partial charge in [0.1, 0.15) is 17.1 Å². The van der Waals surface area contributed by atoms with Crippen LogP contribution in [0, 0.1) is 0 Å². The Morgan fingerprint density at radius 3 is 2.83 bits per heavy atom. The van der Waals surface area contributed by atoms with E-state index in [1.165, 1.54) is 0 Å².